The monoisotopic (exact) mass is 342 g/mol. The molecule has 3 rings (SSSR count). The summed E-state index contributed by atoms with van der Waals surface area (Å²) in [6, 6.07) is 20.0. The minimum absolute atomic E-state index is 0.110. The summed E-state index contributed by atoms with van der Waals surface area (Å²) < 4.78 is 33.1. The van der Waals surface area contributed by atoms with Gasteiger partial charge in [-0.3, -0.25) is 0 Å². The molecule has 0 aromatic heterocycles. The Morgan fingerprint density at radius 1 is 0.458 bits per heavy atom. The van der Waals surface area contributed by atoms with E-state index in [4.69, 9.17) is 0 Å². The van der Waals surface area contributed by atoms with E-state index in [9.17, 15) is 0 Å². The Morgan fingerprint density at radius 3 is 0.875 bits per heavy atom. The van der Waals surface area contributed by atoms with Gasteiger partial charge in [-0.25, -0.2) is 0 Å². The van der Waals surface area contributed by atoms with Crippen LogP contribution in [0, 0.1) is 20.8 Å². The fourth-order valence-corrected chi connectivity index (χ4v) is 5.78. The van der Waals surface area contributed by atoms with E-state index >= 15 is 8.39 Å². The molecule has 0 radical (unpaired) electrons. The van der Waals surface area contributed by atoms with Crippen LogP contribution in [0.2, 0.25) is 0 Å². The first-order valence-corrected chi connectivity index (χ1v) is 9.99. The van der Waals surface area contributed by atoms with Crippen LogP contribution in [-0.4, -0.2) is 0 Å². The van der Waals surface area contributed by atoms with E-state index in [1.165, 1.54) is 0 Å². The molecular formula is C21H21F2P. The van der Waals surface area contributed by atoms with Crippen LogP contribution in [0.25, 0.3) is 0 Å². The maximum absolute atomic E-state index is 16.5. The van der Waals surface area contributed by atoms with Crippen LogP contribution in [0.5, 0.6) is 0 Å². The molecule has 0 aliphatic rings. The number of halogens is 2. The Morgan fingerprint density at radius 2 is 0.667 bits per heavy atom. The van der Waals surface area contributed by atoms with E-state index in [-0.39, 0.29) is 15.9 Å². The molecule has 0 saturated carbocycles. The normalized spacial score (nSPS) is 13.3. The van der Waals surface area contributed by atoms with Gasteiger partial charge in [0.2, 0.25) is 0 Å². The van der Waals surface area contributed by atoms with Crippen molar-refractivity contribution in [2.75, 3.05) is 0 Å². The minimum atomic E-state index is -5.45. The van der Waals surface area contributed by atoms with Crippen molar-refractivity contribution in [3.05, 3.63) is 89.5 Å². The topological polar surface area (TPSA) is 0 Å². The third kappa shape index (κ3) is 2.65. The average molecular weight is 342 g/mol. The second-order valence-electron chi connectivity index (χ2n) is 6.41. The molecule has 0 amide bonds. The van der Waals surface area contributed by atoms with Crippen LogP contribution in [0.4, 0.5) is 8.39 Å². The van der Waals surface area contributed by atoms with E-state index in [1.54, 1.807) is 72.8 Å². The van der Waals surface area contributed by atoms with Crippen LogP contribution < -0.4 is 15.9 Å². The summed E-state index contributed by atoms with van der Waals surface area (Å²) in [6.45, 7) is 5.73. The Hall–Kier alpha value is -2.05. The Balaban J connectivity index is 2.33. The van der Waals surface area contributed by atoms with E-state index in [0.717, 1.165) is 16.7 Å². The van der Waals surface area contributed by atoms with E-state index in [2.05, 4.69) is 0 Å². The van der Waals surface area contributed by atoms with Crippen molar-refractivity contribution in [3.8, 4) is 0 Å². The first-order valence-electron chi connectivity index (χ1n) is 7.97. The molecule has 24 heavy (non-hydrogen) atoms. The number of benzene rings is 3. The van der Waals surface area contributed by atoms with Crippen molar-refractivity contribution < 1.29 is 8.39 Å². The fraction of sp³-hybridized carbons (Fsp3) is 0.143. The first-order chi connectivity index (χ1) is 11.3. The number of hydrogen-bond donors (Lipinski definition) is 0. The Kier molecular flexibility index (Phi) is 4.05. The summed E-state index contributed by atoms with van der Waals surface area (Å²) in [5.41, 5.74) is 2.93. The number of hydrogen-bond acceptors (Lipinski definition) is 0. The van der Waals surface area contributed by atoms with Crippen molar-refractivity contribution in [1.29, 1.82) is 0 Å². The van der Waals surface area contributed by atoms with Crippen LogP contribution in [0.15, 0.2) is 72.8 Å². The van der Waals surface area contributed by atoms with Gasteiger partial charge in [0, 0.05) is 0 Å². The van der Waals surface area contributed by atoms with Gasteiger partial charge in [0.15, 0.2) is 0 Å². The van der Waals surface area contributed by atoms with Crippen LogP contribution in [-0.2, 0) is 0 Å². The van der Waals surface area contributed by atoms with Crippen LogP contribution in [0.3, 0.4) is 0 Å². The molecule has 0 unspecified atom stereocenters. The van der Waals surface area contributed by atoms with Crippen molar-refractivity contribution in [1.82, 2.24) is 0 Å². The predicted molar refractivity (Wildman–Crippen MR) is 102 cm³/mol. The molecule has 0 fully saturated rings. The summed E-state index contributed by atoms with van der Waals surface area (Å²) in [5.74, 6) is 0. The van der Waals surface area contributed by atoms with Gasteiger partial charge in [-0.1, -0.05) is 0 Å². The summed E-state index contributed by atoms with van der Waals surface area (Å²) >= 11 is 0. The van der Waals surface area contributed by atoms with Gasteiger partial charge in [0.05, 0.1) is 0 Å². The van der Waals surface area contributed by atoms with E-state index < -0.39 is 7.22 Å². The molecule has 0 bridgehead atoms. The van der Waals surface area contributed by atoms with Gasteiger partial charge in [-0.05, 0) is 0 Å². The maximum atomic E-state index is 16.5. The third-order valence-electron chi connectivity index (χ3n) is 4.46. The fourth-order valence-electron chi connectivity index (χ4n) is 2.87. The van der Waals surface area contributed by atoms with Gasteiger partial charge in [0.25, 0.3) is 0 Å². The molecule has 3 heteroatoms. The molecule has 0 heterocycles. The van der Waals surface area contributed by atoms with E-state index in [0.29, 0.717) is 0 Å². The van der Waals surface area contributed by atoms with E-state index in [1.807, 2.05) is 20.8 Å². The average Bonchev–Trinajstić information content (AvgIpc) is 2.56. The van der Waals surface area contributed by atoms with Crippen LogP contribution >= 0.6 is 7.22 Å². The Bertz CT molecular complexity index is 730. The van der Waals surface area contributed by atoms with Crippen LogP contribution in [0.1, 0.15) is 16.7 Å². The SMILES string of the molecule is Cc1ccc(P(F)(F)(c2ccc(C)cc2)c2ccc(C)cc2)cc1. The molecule has 124 valence electrons. The van der Waals surface area contributed by atoms with Gasteiger partial charge in [-0.2, -0.15) is 0 Å². The molecule has 3 aromatic rings. The van der Waals surface area contributed by atoms with Crippen molar-refractivity contribution in [2.24, 2.45) is 0 Å². The van der Waals surface area contributed by atoms with Gasteiger partial charge in [0.1, 0.15) is 0 Å². The molecule has 0 spiro atoms. The zero-order valence-electron chi connectivity index (χ0n) is 14.1. The molecule has 3 aromatic carbocycles. The summed E-state index contributed by atoms with van der Waals surface area (Å²) in [6.07, 6.45) is 0. The second kappa shape index (κ2) is 5.79. The number of rotatable bonds is 3. The molecule has 0 N–H and O–H groups in total. The van der Waals surface area contributed by atoms with Crippen molar-refractivity contribution in [3.63, 3.8) is 0 Å². The first kappa shape index (κ1) is 16.8. The Labute approximate surface area is 142 Å². The predicted octanol–water partition coefficient (Wildman–Crippen LogP) is 5.21. The molecule has 0 aliphatic heterocycles. The molecular weight excluding hydrogens is 321 g/mol. The standard InChI is InChI=1S/C21H21F2P/c1-16-4-10-19(11-5-16)24(22,23,20-12-6-17(2)7-13-20)21-14-8-18(3)9-15-21/h4-15H,1-3H3. The van der Waals surface area contributed by atoms with Gasteiger partial charge < -0.3 is 0 Å². The molecule has 0 saturated heterocycles. The zero-order chi connectivity index (χ0) is 17.4. The van der Waals surface area contributed by atoms with Crippen molar-refractivity contribution in [2.45, 2.75) is 20.8 Å². The summed E-state index contributed by atoms with van der Waals surface area (Å²) in [5, 5.41) is 0.331. The third-order valence-corrected chi connectivity index (χ3v) is 8.08. The molecule has 0 nitrogen and oxygen atoms in total. The molecule has 0 atom stereocenters. The summed E-state index contributed by atoms with van der Waals surface area (Å²) in [4.78, 5) is 0. The van der Waals surface area contributed by atoms with Gasteiger partial charge in [-0.15, -0.1) is 0 Å². The quantitative estimate of drug-likeness (QED) is 0.573. The van der Waals surface area contributed by atoms with Crippen molar-refractivity contribution >= 4 is 23.1 Å². The molecule has 0 aliphatic carbocycles. The van der Waals surface area contributed by atoms with Gasteiger partial charge >= 0.3 is 142 Å². The number of aryl methyl sites for hydroxylation is 3. The second-order valence-corrected chi connectivity index (χ2v) is 9.78. The summed E-state index contributed by atoms with van der Waals surface area (Å²) in [7, 11) is -5.45. The zero-order valence-corrected chi connectivity index (χ0v) is 15.0.